The zero-order valence-corrected chi connectivity index (χ0v) is 13.0. The number of sulfonamides is 1. The van der Waals surface area contributed by atoms with Gasteiger partial charge < -0.3 is 10.1 Å². The fourth-order valence-electron chi connectivity index (χ4n) is 2.31. The van der Waals surface area contributed by atoms with Crippen LogP contribution < -0.4 is 5.32 Å². The number of nitrogens with one attached hydrogen (secondary N) is 1. The van der Waals surface area contributed by atoms with E-state index in [1.54, 1.807) is 24.3 Å². The number of nitrogens with zero attached hydrogens (tertiary/aromatic N) is 1. The van der Waals surface area contributed by atoms with E-state index in [-0.39, 0.29) is 11.8 Å². The van der Waals surface area contributed by atoms with Gasteiger partial charge in [-0.3, -0.25) is 0 Å². The normalized spacial score (nSPS) is 20.2. The van der Waals surface area contributed by atoms with Gasteiger partial charge in [0, 0.05) is 25.7 Å². The second-order valence-electron chi connectivity index (χ2n) is 5.16. The molecule has 1 heterocycles. The lowest BCUT2D eigenvalue weighted by atomic mass is 10.1. The van der Waals surface area contributed by atoms with Gasteiger partial charge >= 0.3 is 5.97 Å². The summed E-state index contributed by atoms with van der Waals surface area (Å²) in [4.78, 5) is 11.3. The van der Waals surface area contributed by atoms with E-state index in [0.717, 1.165) is 0 Å². The largest absolute Gasteiger partial charge is 0.465 e. The number of hydrogen-bond acceptors (Lipinski definition) is 5. The Morgan fingerprint density at radius 1 is 1.38 bits per heavy atom. The van der Waals surface area contributed by atoms with Crippen LogP contribution in [0.2, 0.25) is 0 Å². The van der Waals surface area contributed by atoms with Gasteiger partial charge in [-0.05, 0) is 24.6 Å². The molecule has 0 radical (unpaired) electrons. The van der Waals surface area contributed by atoms with E-state index in [1.165, 1.54) is 11.4 Å². The van der Waals surface area contributed by atoms with E-state index in [2.05, 4.69) is 10.1 Å². The van der Waals surface area contributed by atoms with Crippen molar-refractivity contribution < 1.29 is 17.9 Å². The maximum atomic E-state index is 12.4. The van der Waals surface area contributed by atoms with Crippen LogP contribution in [0.25, 0.3) is 0 Å². The number of carbonyl (C=O) groups is 1. The quantitative estimate of drug-likeness (QED) is 0.824. The molecule has 1 atom stereocenters. The van der Waals surface area contributed by atoms with Gasteiger partial charge in [-0.15, -0.1) is 0 Å². The summed E-state index contributed by atoms with van der Waals surface area (Å²) >= 11 is 0. The zero-order chi connectivity index (χ0) is 15.5. The monoisotopic (exact) mass is 312 g/mol. The fourth-order valence-corrected chi connectivity index (χ4v) is 3.92. The maximum absolute atomic E-state index is 12.4. The zero-order valence-electron chi connectivity index (χ0n) is 12.2. The molecular formula is C14H20N2O4S. The van der Waals surface area contributed by atoms with Crippen LogP contribution in [0.4, 0.5) is 0 Å². The minimum Gasteiger partial charge on any atom is -0.465 e. The van der Waals surface area contributed by atoms with Crippen molar-refractivity contribution in [1.82, 2.24) is 9.62 Å². The third-order valence-electron chi connectivity index (χ3n) is 3.45. The van der Waals surface area contributed by atoms with Crippen molar-refractivity contribution in [3.8, 4) is 0 Å². The molecule has 1 saturated heterocycles. The second-order valence-corrected chi connectivity index (χ2v) is 7.13. The third-order valence-corrected chi connectivity index (χ3v) is 5.27. The van der Waals surface area contributed by atoms with Crippen molar-refractivity contribution in [2.45, 2.75) is 18.7 Å². The molecule has 1 aromatic rings. The van der Waals surface area contributed by atoms with E-state index < -0.39 is 16.0 Å². The van der Waals surface area contributed by atoms with Gasteiger partial charge in [-0.25, -0.2) is 13.2 Å². The molecule has 1 N–H and O–H groups in total. The first-order valence-corrected chi connectivity index (χ1v) is 8.42. The van der Waals surface area contributed by atoms with Gasteiger partial charge in [0.15, 0.2) is 0 Å². The van der Waals surface area contributed by atoms with Gasteiger partial charge in [0.05, 0.1) is 18.4 Å². The molecular weight excluding hydrogens is 292 g/mol. The Morgan fingerprint density at radius 3 is 2.62 bits per heavy atom. The van der Waals surface area contributed by atoms with E-state index >= 15 is 0 Å². The topological polar surface area (TPSA) is 75.7 Å². The number of ether oxygens (including phenoxy) is 1. The average Bonchev–Trinajstić information content (AvgIpc) is 2.47. The predicted octanol–water partition coefficient (Wildman–Crippen LogP) is 0.597. The van der Waals surface area contributed by atoms with Crippen LogP contribution in [0.5, 0.6) is 0 Å². The van der Waals surface area contributed by atoms with Crippen molar-refractivity contribution in [3.05, 3.63) is 35.4 Å². The second kappa shape index (κ2) is 6.55. The molecule has 0 spiro atoms. The van der Waals surface area contributed by atoms with Gasteiger partial charge in [0.25, 0.3) is 0 Å². The number of rotatable bonds is 4. The Morgan fingerprint density at radius 2 is 2.05 bits per heavy atom. The molecule has 0 bridgehead atoms. The third kappa shape index (κ3) is 4.03. The molecule has 6 nitrogen and oxygen atoms in total. The van der Waals surface area contributed by atoms with Gasteiger partial charge in [0.1, 0.15) is 0 Å². The summed E-state index contributed by atoms with van der Waals surface area (Å²) in [7, 11) is -2.02. The molecule has 1 fully saturated rings. The van der Waals surface area contributed by atoms with Crippen LogP contribution in [-0.2, 0) is 20.5 Å². The first kappa shape index (κ1) is 15.9. The lowest BCUT2D eigenvalue weighted by Gasteiger charge is -2.31. The summed E-state index contributed by atoms with van der Waals surface area (Å²) in [6.07, 6.45) is 0. The molecule has 0 aromatic heterocycles. The molecule has 21 heavy (non-hydrogen) atoms. The summed E-state index contributed by atoms with van der Waals surface area (Å²) < 4.78 is 30.9. The first-order chi connectivity index (χ1) is 9.92. The van der Waals surface area contributed by atoms with Crippen molar-refractivity contribution in [2.75, 3.05) is 26.7 Å². The van der Waals surface area contributed by atoms with Crippen LogP contribution in [-0.4, -0.2) is 51.5 Å². The van der Waals surface area contributed by atoms with Crippen LogP contribution >= 0.6 is 0 Å². The van der Waals surface area contributed by atoms with E-state index in [1.807, 2.05) is 6.92 Å². The van der Waals surface area contributed by atoms with Gasteiger partial charge in [0.2, 0.25) is 10.0 Å². The summed E-state index contributed by atoms with van der Waals surface area (Å²) in [5.41, 5.74) is 1.07. The smallest absolute Gasteiger partial charge is 0.337 e. The van der Waals surface area contributed by atoms with E-state index in [9.17, 15) is 13.2 Å². The number of carbonyl (C=O) groups excluding carboxylic acids is 1. The van der Waals surface area contributed by atoms with Crippen molar-refractivity contribution in [2.24, 2.45) is 0 Å². The van der Waals surface area contributed by atoms with Crippen molar-refractivity contribution in [3.63, 3.8) is 0 Å². The van der Waals surface area contributed by atoms with Gasteiger partial charge in [-0.1, -0.05) is 12.1 Å². The van der Waals surface area contributed by atoms with Gasteiger partial charge in [-0.2, -0.15) is 4.31 Å². The summed E-state index contributed by atoms with van der Waals surface area (Å²) in [5, 5.41) is 3.22. The SMILES string of the molecule is COC(=O)c1ccc(CS(=O)(=O)N2CCNC(C)C2)cc1. The molecule has 0 aliphatic carbocycles. The Labute approximate surface area is 125 Å². The Balaban J connectivity index is 2.08. The highest BCUT2D eigenvalue weighted by Gasteiger charge is 2.26. The standard InChI is InChI=1S/C14H20N2O4S/c1-11-9-16(8-7-15-11)21(18,19)10-12-3-5-13(6-4-12)14(17)20-2/h3-6,11,15H,7-10H2,1-2H3. The fraction of sp³-hybridized carbons (Fsp3) is 0.500. The highest BCUT2D eigenvalue weighted by atomic mass is 32.2. The molecule has 1 aliphatic rings. The molecule has 2 rings (SSSR count). The Kier molecular flexibility index (Phi) is 4.97. The Bertz CT molecular complexity index is 598. The van der Waals surface area contributed by atoms with E-state index in [4.69, 9.17) is 0 Å². The molecule has 116 valence electrons. The predicted molar refractivity (Wildman–Crippen MR) is 79.4 cm³/mol. The number of methoxy groups -OCH3 is 1. The van der Waals surface area contributed by atoms with Crippen LogP contribution in [0.3, 0.4) is 0 Å². The summed E-state index contributed by atoms with van der Waals surface area (Å²) in [5.74, 6) is -0.485. The molecule has 1 aliphatic heterocycles. The number of benzene rings is 1. The molecule has 1 aromatic carbocycles. The molecule has 0 saturated carbocycles. The van der Waals surface area contributed by atoms with Crippen LogP contribution in [0, 0.1) is 0 Å². The molecule has 0 amide bonds. The van der Waals surface area contributed by atoms with E-state index in [0.29, 0.717) is 30.8 Å². The average molecular weight is 312 g/mol. The minimum atomic E-state index is -3.33. The lowest BCUT2D eigenvalue weighted by molar-refractivity contribution is 0.0600. The number of hydrogen-bond donors (Lipinski definition) is 1. The van der Waals surface area contributed by atoms with Crippen molar-refractivity contribution in [1.29, 1.82) is 0 Å². The summed E-state index contributed by atoms with van der Waals surface area (Å²) in [6, 6.07) is 6.62. The highest BCUT2D eigenvalue weighted by molar-refractivity contribution is 7.88. The lowest BCUT2D eigenvalue weighted by Crippen LogP contribution is -2.51. The number of esters is 1. The number of piperazine rings is 1. The Hall–Kier alpha value is -1.44. The van der Waals surface area contributed by atoms with Crippen LogP contribution in [0.15, 0.2) is 24.3 Å². The van der Waals surface area contributed by atoms with Crippen LogP contribution in [0.1, 0.15) is 22.8 Å². The highest BCUT2D eigenvalue weighted by Crippen LogP contribution is 2.14. The minimum absolute atomic E-state index is 0.0544. The maximum Gasteiger partial charge on any atom is 0.337 e. The van der Waals surface area contributed by atoms with Crippen molar-refractivity contribution >= 4 is 16.0 Å². The first-order valence-electron chi connectivity index (χ1n) is 6.81. The molecule has 7 heteroatoms. The molecule has 1 unspecified atom stereocenters. The summed E-state index contributed by atoms with van der Waals surface area (Å²) in [6.45, 7) is 3.62.